The Morgan fingerprint density at radius 3 is 2.62 bits per heavy atom. The maximum Gasteiger partial charge on any atom is 0.200 e. The first-order valence-corrected chi connectivity index (χ1v) is 9.24. The number of aryl methyl sites for hydroxylation is 2. The van der Waals surface area contributed by atoms with Gasteiger partial charge < -0.3 is 14.7 Å². The molecule has 5 aromatic rings. The number of hydrogen-bond acceptors (Lipinski definition) is 6. The highest BCUT2D eigenvalue weighted by molar-refractivity contribution is 5.83. The van der Waals surface area contributed by atoms with Crippen LogP contribution < -0.4 is 11.2 Å². The second-order valence-electron chi connectivity index (χ2n) is 6.71. The molecule has 2 aromatic carbocycles. The van der Waals surface area contributed by atoms with E-state index in [4.69, 9.17) is 10.2 Å². The summed E-state index contributed by atoms with van der Waals surface area (Å²) in [6, 6.07) is 16.9. The normalized spacial score (nSPS) is 11.3. The van der Waals surface area contributed by atoms with Crippen LogP contribution in [0.2, 0.25) is 0 Å². The van der Waals surface area contributed by atoms with Crippen LogP contribution in [0.4, 0.5) is 5.82 Å². The standard InChI is InChI=1S/C22H17N5O2/c23-21-19-22(25-12-24-21)27(13-26-19)11-10-17-18(14-6-2-1-3-7-14)20(28)15-8-4-5-9-16(15)29-17/h1-9,12-13H,10-11H2,(H2,23,24,25). The van der Waals surface area contributed by atoms with E-state index in [1.807, 2.05) is 53.1 Å². The maximum atomic E-state index is 13.3. The first-order valence-electron chi connectivity index (χ1n) is 9.24. The summed E-state index contributed by atoms with van der Waals surface area (Å²) in [7, 11) is 0. The number of aromatic nitrogens is 4. The van der Waals surface area contributed by atoms with Gasteiger partial charge in [-0.2, -0.15) is 0 Å². The minimum absolute atomic E-state index is 0.0323. The van der Waals surface area contributed by atoms with Gasteiger partial charge in [0.1, 0.15) is 23.2 Å². The largest absolute Gasteiger partial charge is 0.460 e. The zero-order valence-electron chi connectivity index (χ0n) is 15.4. The lowest BCUT2D eigenvalue weighted by atomic mass is 10.0. The van der Waals surface area contributed by atoms with Gasteiger partial charge in [-0.05, 0) is 17.7 Å². The number of nitrogens with two attached hydrogens (primary N) is 1. The Morgan fingerprint density at radius 1 is 0.966 bits per heavy atom. The summed E-state index contributed by atoms with van der Waals surface area (Å²) in [6.45, 7) is 0.536. The van der Waals surface area contributed by atoms with Crippen molar-refractivity contribution in [2.75, 3.05) is 5.73 Å². The lowest BCUT2D eigenvalue weighted by Gasteiger charge is -2.11. The van der Waals surface area contributed by atoms with Gasteiger partial charge >= 0.3 is 0 Å². The Hall–Kier alpha value is -4.00. The number of benzene rings is 2. The van der Waals surface area contributed by atoms with Gasteiger partial charge in [0.15, 0.2) is 11.5 Å². The van der Waals surface area contributed by atoms with Crippen molar-refractivity contribution in [3.63, 3.8) is 0 Å². The molecule has 29 heavy (non-hydrogen) atoms. The highest BCUT2D eigenvalue weighted by Crippen LogP contribution is 2.25. The van der Waals surface area contributed by atoms with Crippen LogP contribution in [0.3, 0.4) is 0 Å². The van der Waals surface area contributed by atoms with Crippen molar-refractivity contribution in [1.82, 2.24) is 19.5 Å². The van der Waals surface area contributed by atoms with Gasteiger partial charge in [0, 0.05) is 13.0 Å². The number of rotatable bonds is 4. The van der Waals surface area contributed by atoms with Crippen LogP contribution in [0.25, 0.3) is 33.3 Å². The first kappa shape index (κ1) is 17.1. The molecule has 7 heteroatoms. The zero-order valence-corrected chi connectivity index (χ0v) is 15.4. The van der Waals surface area contributed by atoms with Gasteiger partial charge in [0.05, 0.1) is 17.3 Å². The number of para-hydroxylation sites is 1. The summed E-state index contributed by atoms with van der Waals surface area (Å²) in [5.74, 6) is 0.972. The predicted octanol–water partition coefficient (Wildman–Crippen LogP) is 3.42. The van der Waals surface area contributed by atoms with E-state index in [0.717, 1.165) is 5.56 Å². The van der Waals surface area contributed by atoms with Crippen LogP contribution in [-0.4, -0.2) is 19.5 Å². The fourth-order valence-corrected chi connectivity index (χ4v) is 3.55. The molecular weight excluding hydrogens is 366 g/mol. The number of hydrogen-bond donors (Lipinski definition) is 1. The molecule has 142 valence electrons. The molecule has 0 unspecified atom stereocenters. The quantitative estimate of drug-likeness (QED) is 0.510. The summed E-state index contributed by atoms with van der Waals surface area (Å²) in [5.41, 5.74) is 9.06. The molecule has 0 aliphatic heterocycles. The smallest absolute Gasteiger partial charge is 0.200 e. The Morgan fingerprint density at radius 2 is 1.76 bits per heavy atom. The third-order valence-electron chi connectivity index (χ3n) is 4.94. The molecule has 0 amide bonds. The monoisotopic (exact) mass is 383 g/mol. The molecule has 0 aliphatic rings. The molecule has 0 fully saturated rings. The Kier molecular flexibility index (Phi) is 4.05. The second kappa shape index (κ2) is 6.87. The van der Waals surface area contributed by atoms with Crippen molar-refractivity contribution >= 4 is 28.0 Å². The number of anilines is 1. The number of nitrogens with zero attached hydrogens (tertiary/aromatic N) is 4. The van der Waals surface area contributed by atoms with Gasteiger partial charge in [-0.15, -0.1) is 0 Å². The van der Waals surface area contributed by atoms with E-state index in [-0.39, 0.29) is 5.43 Å². The second-order valence-corrected chi connectivity index (χ2v) is 6.71. The molecule has 0 saturated heterocycles. The average molecular weight is 383 g/mol. The topological polar surface area (TPSA) is 99.8 Å². The third kappa shape index (κ3) is 2.93. The Bertz CT molecular complexity index is 1390. The summed E-state index contributed by atoms with van der Waals surface area (Å²) in [5, 5.41) is 0.573. The van der Waals surface area contributed by atoms with Crippen LogP contribution in [-0.2, 0) is 13.0 Å². The fourth-order valence-electron chi connectivity index (χ4n) is 3.55. The minimum Gasteiger partial charge on any atom is -0.460 e. The molecule has 3 heterocycles. The van der Waals surface area contributed by atoms with E-state index in [0.29, 0.717) is 52.2 Å². The van der Waals surface area contributed by atoms with E-state index >= 15 is 0 Å². The molecule has 0 atom stereocenters. The van der Waals surface area contributed by atoms with Crippen LogP contribution in [0, 0.1) is 0 Å². The zero-order chi connectivity index (χ0) is 19.8. The molecule has 7 nitrogen and oxygen atoms in total. The number of nitrogen functional groups attached to an aromatic ring is 1. The molecule has 0 saturated carbocycles. The molecule has 3 aromatic heterocycles. The predicted molar refractivity (Wildman–Crippen MR) is 111 cm³/mol. The summed E-state index contributed by atoms with van der Waals surface area (Å²) in [6.07, 6.45) is 3.60. The van der Waals surface area contributed by atoms with Crippen molar-refractivity contribution in [3.05, 3.63) is 83.2 Å². The van der Waals surface area contributed by atoms with Crippen molar-refractivity contribution in [3.8, 4) is 11.1 Å². The maximum absolute atomic E-state index is 13.3. The lowest BCUT2D eigenvalue weighted by Crippen LogP contribution is -2.11. The number of imidazole rings is 1. The molecular formula is C22H17N5O2. The third-order valence-corrected chi connectivity index (χ3v) is 4.94. The molecule has 0 radical (unpaired) electrons. The van der Waals surface area contributed by atoms with Gasteiger partial charge in [-0.1, -0.05) is 42.5 Å². The summed E-state index contributed by atoms with van der Waals surface area (Å²) < 4.78 is 8.06. The van der Waals surface area contributed by atoms with Crippen LogP contribution in [0.15, 0.2) is 76.5 Å². The van der Waals surface area contributed by atoms with E-state index in [2.05, 4.69) is 15.0 Å². The van der Waals surface area contributed by atoms with E-state index < -0.39 is 0 Å². The lowest BCUT2D eigenvalue weighted by molar-refractivity contribution is 0.516. The van der Waals surface area contributed by atoms with Crippen LogP contribution in [0.5, 0.6) is 0 Å². The molecule has 0 spiro atoms. The first-order chi connectivity index (χ1) is 14.2. The van der Waals surface area contributed by atoms with E-state index in [1.54, 1.807) is 12.4 Å². The van der Waals surface area contributed by atoms with E-state index in [9.17, 15) is 4.79 Å². The average Bonchev–Trinajstić information content (AvgIpc) is 3.17. The van der Waals surface area contributed by atoms with Gasteiger partial charge in [0.25, 0.3) is 0 Å². The molecule has 5 rings (SSSR count). The summed E-state index contributed by atoms with van der Waals surface area (Å²) in [4.78, 5) is 25.8. The van der Waals surface area contributed by atoms with Crippen LogP contribution in [0.1, 0.15) is 5.76 Å². The van der Waals surface area contributed by atoms with Gasteiger partial charge in [-0.25, -0.2) is 15.0 Å². The highest BCUT2D eigenvalue weighted by atomic mass is 16.3. The Labute approximate surface area is 165 Å². The van der Waals surface area contributed by atoms with E-state index in [1.165, 1.54) is 6.33 Å². The van der Waals surface area contributed by atoms with Gasteiger partial charge in [0.2, 0.25) is 5.43 Å². The Balaban J connectivity index is 1.62. The minimum atomic E-state index is -0.0323. The van der Waals surface area contributed by atoms with Crippen molar-refractivity contribution in [1.29, 1.82) is 0 Å². The van der Waals surface area contributed by atoms with Crippen LogP contribution >= 0.6 is 0 Å². The van der Waals surface area contributed by atoms with Crippen molar-refractivity contribution < 1.29 is 4.42 Å². The highest BCUT2D eigenvalue weighted by Gasteiger charge is 2.17. The fraction of sp³-hybridized carbons (Fsp3) is 0.0909. The molecule has 2 N–H and O–H groups in total. The molecule has 0 aliphatic carbocycles. The van der Waals surface area contributed by atoms with Crippen molar-refractivity contribution in [2.24, 2.45) is 0 Å². The molecule has 0 bridgehead atoms. The van der Waals surface area contributed by atoms with Gasteiger partial charge in [-0.3, -0.25) is 4.79 Å². The summed E-state index contributed by atoms with van der Waals surface area (Å²) >= 11 is 0. The SMILES string of the molecule is Nc1ncnc2c1ncn2CCc1oc2ccccc2c(=O)c1-c1ccccc1. The number of fused-ring (bicyclic) bond motifs is 2. The van der Waals surface area contributed by atoms with Crippen molar-refractivity contribution in [2.45, 2.75) is 13.0 Å².